The van der Waals surface area contributed by atoms with Gasteiger partial charge in [-0.2, -0.15) is 0 Å². The van der Waals surface area contributed by atoms with Crippen LogP contribution in [0.4, 0.5) is 0 Å². The van der Waals surface area contributed by atoms with Crippen LogP contribution in [0.25, 0.3) is 0 Å². The minimum absolute atomic E-state index is 0.109. The fraction of sp³-hybridized carbons (Fsp3) is 0.250. The van der Waals surface area contributed by atoms with Crippen LogP contribution in [-0.2, 0) is 9.59 Å². The van der Waals surface area contributed by atoms with Crippen molar-refractivity contribution in [3.63, 3.8) is 0 Å². The van der Waals surface area contributed by atoms with Crippen molar-refractivity contribution in [2.75, 3.05) is 14.1 Å². The van der Waals surface area contributed by atoms with Crippen LogP contribution >= 0.6 is 0 Å². The Morgan fingerprint density at radius 2 is 1.25 bits per heavy atom. The van der Waals surface area contributed by atoms with E-state index in [4.69, 9.17) is 0 Å². The van der Waals surface area contributed by atoms with Gasteiger partial charge in [0.15, 0.2) is 0 Å². The number of likely N-dealkylation sites (N-methyl/N-ethyl adjacent to an activating group) is 2. The minimum atomic E-state index is -0.109. The van der Waals surface area contributed by atoms with Gasteiger partial charge < -0.3 is 9.80 Å². The number of carbonyl (C=O) groups is 2. The zero-order valence-corrected chi connectivity index (χ0v) is 6.87. The summed E-state index contributed by atoms with van der Waals surface area (Å²) in [5, 5.41) is 0. The molecule has 0 fully saturated rings. The Kier molecular flexibility index (Phi) is 1.16. The molecule has 0 spiro atoms. The average Bonchev–Trinajstić information content (AvgIpc) is 2.43. The van der Waals surface area contributed by atoms with Gasteiger partial charge in [-0.1, -0.05) is 0 Å². The van der Waals surface area contributed by atoms with E-state index in [1.807, 2.05) is 0 Å². The molecule has 2 aliphatic rings. The van der Waals surface area contributed by atoms with Gasteiger partial charge in [-0.3, -0.25) is 9.59 Å². The Hall–Kier alpha value is -1.58. The molecule has 0 radical (unpaired) electrons. The number of hydrogen-bond donors (Lipinski definition) is 0. The first-order valence-electron chi connectivity index (χ1n) is 3.59. The molecule has 0 saturated carbocycles. The number of nitrogens with zero attached hydrogens (tertiary/aromatic N) is 2. The monoisotopic (exact) mass is 164 g/mol. The molecule has 0 aromatic carbocycles. The van der Waals surface area contributed by atoms with Crippen LogP contribution in [-0.4, -0.2) is 35.7 Å². The number of rotatable bonds is 0. The Morgan fingerprint density at radius 1 is 0.917 bits per heavy atom. The van der Waals surface area contributed by atoms with Gasteiger partial charge in [0.1, 0.15) is 0 Å². The van der Waals surface area contributed by atoms with Crippen LogP contribution in [0.2, 0.25) is 0 Å². The summed E-state index contributed by atoms with van der Waals surface area (Å²) in [6.07, 6.45) is 3.14. The van der Waals surface area contributed by atoms with Gasteiger partial charge in [-0.25, -0.2) is 0 Å². The summed E-state index contributed by atoms with van der Waals surface area (Å²) in [5.74, 6) is -0.217. The first-order valence-corrected chi connectivity index (χ1v) is 3.59. The number of hydrogen-bond acceptors (Lipinski definition) is 2. The third kappa shape index (κ3) is 0.664. The number of fused-ring (bicyclic) bond motifs is 1. The lowest BCUT2D eigenvalue weighted by molar-refractivity contribution is -0.123. The predicted molar refractivity (Wildman–Crippen MR) is 41.7 cm³/mol. The lowest BCUT2D eigenvalue weighted by atomic mass is 10.2. The molecule has 0 unspecified atom stereocenters. The molecular formula is C8H8N2O2. The maximum Gasteiger partial charge on any atom is 0.259 e. The summed E-state index contributed by atoms with van der Waals surface area (Å²) in [5.41, 5.74) is 1.01. The molecule has 4 heteroatoms. The first-order chi connectivity index (χ1) is 5.61. The standard InChI is InChI=1S/C8H8N2O2/c1-9-3-5-6(7(9)11)4-10(2)8(5)12/h3-4H,1-2H3. The second kappa shape index (κ2) is 1.97. The summed E-state index contributed by atoms with van der Waals surface area (Å²) < 4.78 is 0. The molecule has 2 rings (SSSR count). The van der Waals surface area contributed by atoms with Crippen molar-refractivity contribution in [1.29, 1.82) is 0 Å². The van der Waals surface area contributed by atoms with Crippen molar-refractivity contribution in [1.82, 2.24) is 9.80 Å². The van der Waals surface area contributed by atoms with Crippen LogP contribution < -0.4 is 0 Å². The maximum atomic E-state index is 11.3. The molecule has 0 N–H and O–H groups in total. The van der Waals surface area contributed by atoms with E-state index in [2.05, 4.69) is 0 Å². The molecule has 0 saturated heterocycles. The second-order valence-corrected chi connectivity index (χ2v) is 2.92. The van der Waals surface area contributed by atoms with Crippen LogP contribution in [0, 0.1) is 0 Å². The molecule has 4 nitrogen and oxygen atoms in total. The first kappa shape index (κ1) is 7.09. The van der Waals surface area contributed by atoms with E-state index < -0.39 is 0 Å². The highest BCUT2D eigenvalue weighted by atomic mass is 16.2. The van der Waals surface area contributed by atoms with Gasteiger partial charge in [-0.15, -0.1) is 0 Å². The van der Waals surface area contributed by atoms with E-state index in [-0.39, 0.29) is 11.8 Å². The minimum Gasteiger partial charge on any atom is -0.317 e. The summed E-state index contributed by atoms with van der Waals surface area (Å²) in [7, 11) is 3.28. The topological polar surface area (TPSA) is 40.6 Å². The van der Waals surface area contributed by atoms with E-state index in [9.17, 15) is 9.59 Å². The predicted octanol–water partition coefficient (Wildman–Crippen LogP) is -0.302. The molecule has 0 aromatic rings. The van der Waals surface area contributed by atoms with Crippen molar-refractivity contribution in [3.05, 3.63) is 23.5 Å². The van der Waals surface area contributed by atoms with Crippen LogP contribution in [0.3, 0.4) is 0 Å². The molecule has 0 aliphatic carbocycles. The highest BCUT2D eigenvalue weighted by Crippen LogP contribution is 2.28. The van der Waals surface area contributed by atoms with Crippen molar-refractivity contribution in [3.8, 4) is 0 Å². The van der Waals surface area contributed by atoms with E-state index >= 15 is 0 Å². The maximum absolute atomic E-state index is 11.3. The van der Waals surface area contributed by atoms with Crippen LogP contribution in [0.15, 0.2) is 23.5 Å². The van der Waals surface area contributed by atoms with Gasteiger partial charge in [0.05, 0.1) is 11.1 Å². The van der Waals surface area contributed by atoms with Gasteiger partial charge in [0.2, 0.25) is 0 Å². The molecule has 2 aliphatic heterocycles. The summed E-state index contributed by atoms with van der Waals surface area (Å²) >= 11 is 0. The molecule has 0 bridgehead atoms. The summed E-state index contributed by atoms with van der Waals surface area (Å²) in [6.45, 7) is 0. The molecule has 0 atom stereocenters. The van der Waals surface area contributed by atoms with Crippen LogP contribution in [0.5, 0.6) is 0 Å². The van der Waals surface area contributed by atoms with Crippen molar-refractivity contribution in [2.24, 2.45) is 0 Å². The lowest BCUT2D eigenvalue weighted by Crippen LogP contribution is -2.18. The fourth-order valence-corrected chi connectivity index (χ4v) is 1.36. The fourth-order valence-electron chi connectivity index (χ4n) is 1.36. The molecule has 0 aromatic heterocycles. The van der Waals surface area contributed by atoms with Crippen molar-refractivity contribution < 1.29 is 9.59 Å². The van der Waals surface area contributed by atoms with E-state index in [0.29, 0.717) is 11.1 Å². The van der Waals surface area contributed by atoms with Gasteiger partial charge in [0, 0.05) is 26.5 Å². The Bertz CT molecular complexity index is 307. The summed E-state index contributed by atoms with van der Waals surface area (Å²) in [4.78, 5) is 25.5. The second-order valence-electron chi connectivity index (χ2n) is 2.92. The van der Waals surface area contributed by atoms with Crippen molar-refractivity contribution >= 4 is 11.8 Å². The van der Waals surface area contributed by atoms with E-state index in [1.165, 1.54) is 9.80 Å². The highest BCUT2D eigenvalue weighted by molar-refractivity contribution is 6.17. The van der Waals surface area contributed by atoms with Crippen LogP contribution in [0.1, 0.15) is 0 Å². The largest absolute Gasteiger partial charge is 0.317 e. The van der Waals surface area contributed by atoms with E-state index in [0.717, 1.165) is 0 Å². The normalized spacial score (nSPS) is 21.5. The number of carbonyl (C=O) groups excluding carboxylic acids is 2. The quantitative estimate of drug-likeness (QED) is 0.493. The van der Waals surface area contributed by atoms with Gasteiger partial charge in [0.25, 0.3) is 11.8 Å². The summed E-state index contributed by atoms with van der Waals surface area (Å²) in [6, 6.07) is 0. The third-order valence-electron chi connectivity index (χ3n) is 2.04. The zero-order valence-electron chi connectivity index (χ0n) is 6.87. The average molecular weight is 164 g/mol. The Morgan fingerprint density at radius 3 is 1.58 bits per heavy atom. The third-order valence-corrected chi connectivity index (χ3v) is 2.04. The smallest absolute Gasteiger partial charge is 0.259 e. The molecule has 2 heterocycles. The lowest BCUT2D eigenvalue weighted by Gasteiger charge is -2.06. The van der Waals surface area contributed by atoms with Crippen molar-refractivity contribution in [2.45, 2.75) is 0 Å². The molecule has 2 amide bonds. The van der Waals surface area contributed by atoms with E-state index in [1.54, 1.807) is 26.5 Å². The highest BCUT2D eigenvalue weighted by Gasteiger charge is 2.36. The molecular weight excluding hydrogens is 156 g/mol. The zero-order chi connectivity index (χ0) is 8.88. The number of amides is 2. The molecule has 12 heavy (non-hydrogen) atoms. The van der Waals surface area contributed by atoms with Gasteiger partial charge in [-0.05, 0) is 0 Å². The van der Waals surface area contributed by atoms with Gasteiger partial charge >= 0.3 is 0 Å². The molecule has 62 valence electrons. The SMILES string of the molecule is CN1C=C2C(=O)N(C)C=C2C1=O. The Balaban J connectivity index is 2.49. The Labute approximate surface area is 69.7 Å².